The van der Waals surface area contributed by atoms with Crippen molar-refractivity contribution in [2.45, 2.75) is 25.4 Å². The van der Waals surface area contributed by atoms with Crippen molar-refractivity contribution in [3.8, 4) is 108 Å². The number of furan rings is 2. The van der Waals surface area contributed by atoms with Gasteiger partial charge in [0.1, 0.15) is 29.0 Å². The van der Waals surface area contributed by atoms with Crippen molar-refractivity contribution in [3.05, 3.63) is 420 Å². The van der Waals surface area contributed by atoms with Crippen LogP contribution in [0.25, 0.3) is 169 Å². The highest BCUT2D eigenvalue weighted by atomic mass is 16.3. The number of hydrogen-bond donors (Lipinski definition) is 2. The minimum Gasteiger partial charge on any atom is -0.455 e. The highest BCUT2D eigenvalue weighted by Crippen LogP contribution is 2.43. The smallest absolute Gasteiger partial charge is 0.142 e. The molecule has 1 fully saturated rings. The Hall–Kier alpha value is -14.4. The number of allylic oxidation sites excluding steroid dienone is 2. The Bertz CT molecular complexity index is 6520. The average Bonchev–Trinajstić information content (AvgIpc) is 1.37. The first kappa shape index (κ1) is 75.3. The van der Waals surface area contributed by atoms with Gasteiger partial charge in [-0.1, -0.05) is 419 Å². The van der Waals surface area contributed by atoms with Gasteiger partial charge in [0, 0.05) is 68.7 Å². The number of nitriles is 1. The summed E-state index contributed by atoms with van der Waals surface area (Å²) in [6.07, 6.45) is 31.0. The standard InChI is InChI=1S/C25H18.C24H16O.C21H16.C20H14O.C13H15N3.C9H8/c1-3-10-18(11-4-1)24-20-14-7-8-15-21(20)25(19-12-5-2-6-13-19)23-17-9-16-22(23)24;1-3-9-17(10-4-1)23-21-15-19-13-7-8-14-20(19)16-22(21)24(25-23)18-11-5-2-6-12-18;1-3-8-16(9-4-1)18-14-15-19(17-10-5-2-6-11-17)21-13-7-12-20(18)21;1-3-9-15(10-4-1)19-17-13-7-8-14-18(17)20(21-19)16-11-5-2-6-12-16;1-2-10(9-14)11-3-5-12(6-4-11)13-15-7-8-16-13;1-2-5-9-7-3-6-8(9)4-1/h1-8,10-17H,9H2;1-16H;1-6,8-15H,7H2;1-14H;1,3-6,10-13,15-16H,7-8H2;1-2,4-7H,3H2. The predicted octanol–water partition coefficient (Wildman–Crippen LogP) is 23.1. The summed E-state index contributed by atoms with van der Waals surface area (Å²) in [6, 6.07) is 129. The van der Waals surface area contributed by atoms with Crippen LogP contribution in [0, 0.1) is 41.4 Å². The lowest BCUT2D eigenvalue weighted by Gasteiger charge is -2.22. The second kappa shape index (κ2) is 36.2. The van der Waals surface area contributed by atoms with Gasteiger partial charge in [-0.25, -0.2) is 0 Å². The Morgan fingerprint density at radius 1 is 0.299 bits per heavy atom. The quantitative estimate of drug-likeness (QED) is 0.105. The number of hydrogen-bond acceptors (Lipinski definition) is 5. The summed E-state index contributed by atoms with van der Waals surface area (Å²) in [7, 11) is 0. The van der Waals surface area contributed by atoms with E-state index < -0.39 is 0 Å². The predicted molar refractivity (Wildman–Crippen MR) is 492 cm³/mol. The van der Waals surface area contributed by atoms with E-state index in [0.717, 1.165) is 99.2 Å². The fourth-order valence-electron chi connectivity index (χ4n) is 16.6. The van der Waals surface area contributed by atoms with E-state index in [1.807, 2.05) is 84.9 Å². The number of rotatable bonds is 10. The maximum Gasteiger partial charge on any atom is 0.142 e. The van der Waals surface area contributed by atoms with E-state index in [2.05, 4.69) is 362 Å². The van der Waals surface area contributed by atoms with Gasteiger partial charge in [0.2, 0.25) is 0 Å². The Morgan fingerprint density at radius 3 is 0.957 bits per heavy atom. The summed E-state index contributed by atoms with van der Waals surface area (Å²) >= 11 is 0. The third-order valence-electron chi connectivity index (χ3n) is 22.2. The highest BCUT2D eigenvalue weighted by Gasteiger charge is 2.25. The van der Waals surface area contributed by atoms with Gasteiger partial charge in [0.15, 0.2) is 0 Å². The molecule has 5 aliphatic rings. The van der Waals surface area contributed by atoms with Crippen molar-refractivity contribution >= 4 is 79.5 Å². The Kier molecular flexibility index (Phi) is 23.3. The molecule has 2 N–H and O–H groups in total. The first-order chi connectivity index (χ1) is 58.0. The van der Waals surface area contributed by atoms with Crippen molar-refractivity contribution < 1.29 is 8.83 Å². The molecule has 562 valence electrons. The SMILES string of the molecule is C#CC(C#N)C1C=CC(C2NCCN2)C=C1.C1=c2c(-c3ccccc3)c3ccccc3c(-c3ccccc3)c2=CC1.C1=c2c(-c3ccccc3)ccc(-c3ccccc3)c2=CC1.C1=c2ccccc2=CC1.c1ccc(-c2oc(-c3ccccc3)c3cc4ccccc4cc23)cc1.c1ccc(-c2oc(-c3ccccc3)c3ccccc23)cc1. The van der Waals surface area contributed by atoms with Gasteiger partial charge in [0.25, 0.3) is 0 Å². The Labute approximate surface area is 683 Å². The van der Waals surface area contributed by atoms with E-state index >= 15 is 0 Å². The van der Waals surface area contributed by atoms with Crippen LogP contribution in [0.2, 0.25) is 0 Å². The molecule has 0 radical (unpaired) electrons. The molecule has 0 saturated carbocycles. The van der Waals surface area contributed by atoms with Gasteiger partial charge in [-0.15, -0.1) is 6.42 Å². The number of terminal acetylenes is 1. The fourth-order valence-corrected chi connectivity index (χ4v) is 16.6. The first-order valence-electron chi connectivity index (χ1n) is 40.4. The summed E-state index contributed by atoms with van der Waals surface area (Å²) in [5.74, 6) is 6.31. The van der Waals surface area contributed by atoms with Crippen molar-refractivity contribution in [2.24, 2.45) is 17.8 Å². The van der Waals surface area contributed by atoms with E-state index in [9.17, 15) is 0 Å². The van der Waals surface area contributed by atoms with E-state index in [1.165, 1.54) is 97.4 Å². The molecule has 0 spiro atoms. The first-order valence-corrected chi connectivity index (χ1v) is 40.4. The van der Waals surface area contributed by atoms with Crippen LogP contribution in [0.15, 0.2) is 397 Å². The number of fused-ring (bicyclic) bond motifs is 7. The maximum absolute atomic E-state index is 8.87. The molecule has 3 heterocycles. The number of nitrogens with one attached hydrogen (secondary N) is 2. The molecule has 1 aliphatic heterocycles. The zero-order valence-corrected chi connectivity index (χ0v) is 65.1. The zero-order valence-electron chi connectivity index (χ0n) is 65.1. The molecule has 5 nitrogen and oxygen atoms in total. The highest BCUT2D eigenvalue weighted by molar-refractivity contribution is 6.10. The number of nitrogens with zero attached hydrogens (tertiary/aromatic N) is 1. The molecular formula is C112H87N3O2. The molecule has 0 bridgehead atoms. The molecule has 117 heavy (non-hydrogen) atoms. The van der Waals surface area contributed by atoms with Crippen molar-refractivity contribution in [2.75, 3.05) is 13.1 Å². The summed E-state index contributed by atoms with van der Waals surface area (Å²) in [5, 5.41) is 33.7. The third kappa shape index (κ3) is 16.7. The van der Waals surface area contributed by atoms with E-state index in [-0.39, 0.29) is 11.8 Å². The van der Waals surface area contributed by atoms with Crippen LogP contribution in [-0.2, 0) is 0 Å². The van der Waals surface area contributed by atoms with Crippen molar-refractivity contribution in [1.82, 2.24) is 10.6 Å². The molecule has 17 aromatic rings. The minimum atomic E-state index is -0.349. The molecule has 4 aliphatic carbocycles. The van der Waals surface area contributed by atoms with Crippen molar-refractivity contribution in [3.63, 3.8) is 0 Å². The molecule has 1 saturated heterocycles. The minimum absolute atomic E-state index is 0.0626. The van der Waals surface area contributed by atoms with Crippen LogP contribution in [0.5, 0.6) is 0 Å². The fraction of sp³-hybridized carbons (Fsp3) is 0.0804. The maximum atomic E-state index is 8.87. The van der Waals surface area contributed by atoms with Gasteiger partial charge < -0.3 is 8.83 Å². The van der Waals surface area contributed by atoms with Gasteiger partial charge in [-0.3, -0.25) is 10.6 Å². The van der Waals surface area contributed by atoms with Crippen LogP contribution in [0.3, 0.4) is 0 Å². The number of benzene rings is 15. The summed E-state index contributed by atoms with van der Waals surface area (Å²) in [6.45, 7) is 2.02. The van der Waals surface area contributed by atoms with E-state index in [4.69, 9.17) is 20.5 Å². The van der Waals surface area contributed by atoms with Gasteiger partial charge in [-0.2, -0.15) is 5.26 Å². The zero-order chi connectivity index (χ0) is 78.9. The monoisotopic (exact) mass is 1510 g/mol. The topological polar surface area (TPSA) is 74.1 Å². The molecule has 2 aromatic heterocycles. The summed E-state index contributed by atoms with van der Waals surface area (Å²) in [5.41, 5.74) is 15.0. The van der Waals surface area contributed by atoms with Crippen LogP contribution in [-0.4, -0.2) is 19.3 Å². The van der Waals surface area contributed by atoms with Gasteiger partial charge in [0.05, 0.1) is 12.2 Å². The molecule has 15 aromatic carbocycles. The van der Waals surface area contributed by atoms with Crippen LogP contribution in [0.1, 0.15) is 19.3 Å². The van der Waals surface area contributed by atoms with Gasteiger partial charge >= 0.3 is 0 Å². The molecule has 1 unspecified atom stereocenters. The third-order valence-corrected chi connectivity index (χ3v) is 22.2. The molecule has 22 rings (SSSR count). The Balaban J connectivity index is 0.000000103. The van der Waals surface area contributed by atoms with Crippen LogP contribution >= 0.6 is 0 Å². The second-order valence-electron chi connectivity index (χ2n) is 29.5. The molecule has 5 heteroatoms. The van der Waals surface area contributed by atoms with Crippen LogP contribution < -0.4 is 41.9 Å². The van der Waals surface area contributed by atoms with E-state index in [0.29, 0.717) is 12.1 Å². The van der Waals surface area contributed by atoms with Crippen LogP contribution in [0.4, 0.5) is 0 Å². The second-order valence-corrected chi connectivity index (χ2v) is 29.5. The summed E-state index contributed by atoms with van der Waals surface area (Å²) < 4.78 is 12.6. The lowest BCUT2D eigenvalue weighted by atomic mass is 9.86. The van der Waals surface area contributed by atoms with Crippen molar-refractivity contribution in [1.29, 1.82) is 5.26 Å². The molecule has 0 amide bonds. The molecule has 1 atom stereocenters. The largest absolute Gasteiger partial charge is 0.455 e. The van der Waals surface area contributed by atoms with Gasteiger partial charge in [-0.05, 0) is 129 Å². The molecular weight excluding hydrogens is 1420 g/mol. The van der Waals surface area contributed by atoms with E-state index in [1.54, 1.807) is 0 Å². The lowest BCUT2D eigenvalue weighted by Crippen LogP contribution is -2.37. The summed E-state index contributed by atoms with van der Waals surface area (Å²) in [4.78, 5) is 0. The Morgan fingerprint density at radius 2 is 0.598 bits per heavy atom. The average molecular weight is 1510 g/mol. The lowest BCUT2D eigenvalue weighted by molar-refractivity contribution is 0.474. The normalized spacial score (nSPS) is 14.5.